The summed E-state index contributed by atoms with van der Waals surface area (Å²) in [6.07, 6.45) is 1.95. The molecule has 108 valence electrons. The van der Waals surface area contributed by atoms with Crippen molar-refractivity contribution < 1.29 is 9.53 Å². The van der Waals surface area contributed by atoms with Crippen LogP contribution in [0.5, 0.6) is 0 Å². The number of halogens is 1. The van der Waals surface area contributed by atoms with Gasteiger partial charge in [0.25, 0.3) is 0 Å². The molecule has 0 saturated carbocycles. The predicted octanol–water partition coefficient (Wildman–Crippen LogP) is 0.215. The first-order valence-corrected chi connectivity index (χ1v) is 7.28. The highest BCUT2D eigenvalue weighted by Crippen LogP contribution is 2.04. The Balaban J connectivity index is 1.68. The molecule has 0 aliphatic carbocycles. The molecule has 1 amide bonds. The van der Waals surface area contributed by atoms with Gasteiger partial charge in [-0.3, -0.25) is 14.6 Å². The lowest BCUT2D eigenvalue weighted by Gasteiger charge is -2.35. The van der Waals surface area contributed by atoms with Gasteiger partial charge in [-0.2, -0.15) is 0 Å². The zero-order chi connectivity index (χ0) is 13.5. The van der Waals surface area contributed by atoms with Crippen LogP contribution in [0.2, 0.25) is 0 Å². The van der Waals surface area contributed by atoms with Gasteiger partial charge in [0.1, 0.15) is 0 Å². The van der Waals surface area contributed by atoms with E-state index in [1.54, 1.807) is 5.54 Å². The Morgan fingerprint density at radius 2 is 1.68 bits per heavy atom. The number of nitrogens with zero attached hydrogens (tertiary/aromatic N) is 3. The molecule has 0 unspecified atom stereocenters. The third-order valence-corrected chi connectivity index (χ3v) is 3.82. The number of piperazine rings is 1. The average molecular weight is 288 g/mol. The summed E-state index contributed by atoms with van der Waals surface area (Å²) in [5.41, 5.74) is 1.56. The van der Waals surface area contributed by atoms with Gasteiger partial charge in [0.05, 0.1) is 19.8 Å². The van der Waals surface area contributed by atoms with Gasteiger partial charge < -0.3 is 9.64 Å². The fourth-order valence-corrected chi connectivity index (χ4v) is 2.50. The third-order valence-electron chi connectivity index (χ3n) is 3.64. The van der Waals surface area contributed by atoms with E-state index in [9.17, 15) is 4.79 Å². The third kappa shape index (κ3) is 4.76. The molecule has 2 aliphatic rings. The highest BCUT2D eigenvalue weighted by molar-refractivity contribution is 6.25. The monoisotopic (exact) mass is 287 g/mol. The van der Waals surface area contributed by atoms with E-state index in [-0.39, 0.29) is 5.91 Å². The average Bonchev–Trinajstić information content (AvgIpc) is 2.47. The van der Waals surface area contributed by atoms with Gasteiger partial charge in [-0.1, -0.05) is 17.7 Å². The van der Waals surface area contributed by atoms with Crippen molar-refractivity contribution in [2.45, 2.75) is 0 Å². The van der Waals surface area contributed by atoms with E-state index in [4.69, 9.17) is 16.3 Å². The summed E-state index contributed by atoms with van der Waals surface area (Å²) in [6.45, 7) is 8.15. The molecule has 2 rings (SSSR count). The van der Waals surface area contributed by atoms with Crippen LogP contribution in [0.3, 0.4) is 0 Å². The van der Waals surface area contributed by atoms with Crippen molar-refractivity contribution in [1.82, 2.24) is 14.7 Å². The van der Waals surface area contributed by atoms with Crippen molar-refractivity contribution >= 4 is 17.5 Å². The molecule has 5 nitrogen and oxygen atoms in total. The number of hydrogen-bond acceptors (Lipinski definition) is 4. The Bertz CT molecular complexity index is 311. The van der Waals surface area contributed by atoms with Gasteiger partial charge in [0.15, 0.2) is 0 Å². The fourth-order valence-electron chi connectivity index (χ4n) is 2.42. The minimum atomic E-state index is 0.234. The van der Waals surface area contributed by atoms with Gasteiger partial charge in [-0.05, 0) is 0 Å². The molecule has 2 saturated heterocycles. The molecule has 0 atom stereocenters. The molecule has 2 aliphatic heterocycles. The van der Waals surface area contributed by atoms with E-state index in [1.165, 1.54) is 0 Å². The van der Waals surface area contributed by atoms with Crippen LogP contribution in [-0.2, 0) is 9.53 Å². The first kappa shape index (κ1) is 14.8. The van der Waals surface area contributed by atoms with Gasteiger partial charge in [0.2, 0.25) is 5.91 Å². The van der Waals surface area contributed by atoms with Gasteiger partial charge in [-0.15, -0.1) is 0 Å². The van der Waals surface area contributed by atoms with Crippen LogP contribution in [0.25, 0.3) is 0 Å². The molecule has 0 radical (unpaired) electrons. The van der Waals surface area contributed by atoms with Crippen molar-refractivity contribution in [1.29, 1.82) is 0 Å². The zero-order valence-corrected chi connectivity index (χ0v) is 12.0. The van der Waals surface area contributed by atoms with E-state index < -0.39 is 0 Å². The summed E-state index contributed by atoms with van der Waals surface area (Å²) in [5, 5.41) is 0. The van der Waals surface area contributed by atoms with E-state index >= 15 is 0 Å². The summed E-state index contributed by atoms with van der Waals surface area (Å²) in [5.74, 6) is 0.234. The molecule has 0 bridgehead atoms. The van der Waals surface area contributed by atoms with Crippen LogP contribution in [-0.4, -0.2) is 86.2 Å². The smallest absolute Gasteiger partial charge is 0.236 e. The number of carbonyl (C=O) groups excluding carboxylic acids is 1. The minimum absolute atomic E-state index is 0.234. The molecule has 2 heterocycles. The maximum absolute atomic E-state index is 12.1. The summed E-state index contributed by atoms with van der Waals surface area (Å²) >= 11 is 5.53. The molecule has 2 fully saturated rings. The summed E-state index contributed by atoms with van der Waals surface area (Å²) in [6, 6.07) is 0. The lowest BCUT2D eigenvalue weighted by molar-refractivity contribution is -0.136. The van der Waals surface area contributed by atoms with E-state index in [1.807, 2.05) is 11.0 Å². The first-order valence-electron chi connectivity index (χ1n) is 6.85. The van der Waals surface area contributed by atoms with E-state index in [2.05, 4.69) is 9.80 Å². The number of carbonyl (C=O) groups is 1. The molecule has 6 heteroatoms. The van der Waals surface area contributed by atoms with Crippen LogP contribution in [0.4, 0.5) is 0 Å². The van der Waals surface area contributed by atoms with E-state index in [0.717, 1.165) is 45.8 Å². The zero-order valence-electron chi connectivity index (χ0n) is 11.3. The standard InChI is InChI=1S/C13H22ClN3O2/c14-2-1-3-15-4-6-16(7-5-15)12-13(18)17-8-10-19-11-9-17/h1-2H,3-12H2/b2-1+. The maximum atomic E-state index is 12.1. The quantitative estimate of drug-likeness (QED) is 0.741. The lowest BCUT2D eigenvalue weighted by Crippen LogP contribution is -2.51. The summed E-state index contributed by atoms with van der Waals surface area (Å²) in [7, 11) is 0. The van der Waals surface area contributed by atoms with Crippen molar-refractivity contribution in [2.75, 3.05) is 65.6 Å². The topological polar surface area (TPSA) is 36.0 Å². The molecule has 0 N–H and O–H groups in total. The normalized spacial score (nSPS) is 23.1. The number of ether oxygens (including phenoxy) is 1. The second-order valence-electron chi connectivity index (χ2n) is 4.93. The number of amides is 1. The van der Waals surface area contributed by atoms with E-state index in [0.29, 0.717) is 19.8 Å². The van der Waals surface area contributed by atoms with Crippen LogP contribution in [0, 0.1) is 0 Å². The van der Waals surface area contributed by atoms with Crippen LogP contribution < -0.4 is 0 Å². The second-order valence-corrected chi connectivity index (χ2v) is 5.18. The Labute approximate surface area is 119 Å². The molecule has 0 aromatic rings. The highest BCUT2D eigenvalue weighted by atomic mass is 35.5. The molecule has 0 aromatic carbocycles. The van der Waals surface area contributed by atoms with Crippen LogP contribution in [0.15, 0.2) is 11.6 Å². The lowest BCUT2D eigenvalue weighted by atomic mass is 10.3. The summed E-state index contributed by atoms with van der Waals surface area (Å²) < 4.78 is 5.26. The molecular weight excluding hydrogens is 266 g/mol. The van der Waals surface area contributed by atoms with Gasteiger partial charge in [-0.25, -0.2) is 0 Å². The fraction of sp³-hybridized carbons (Fsp3) is 0.769. The first-order chi connectivity index (χ1) is 9.29. The van der Waals surface area contributed by atoms with Gasteiger partial charge >= 0.3 is 0 Å². The molecule has 0 aromatic heterocycles. The minimum Gasteiger partial charge on any atom is -0.378 e. The van der Waals surface area contributed by atoms with Crippen LogP contribution in [0.1, 0.15) is 0 Å². The summed E-state index contributed by atoms with van der Waals surface area (Å²) in [4.78, 5) is 18.6. The largest absolute Gasteiger partial charge is 0.378 e. The molecule has 19 heavy (non-hydrogen) atoms. The Morgan fingerprint density at radius 1 is 1.05 bits per heavy atom. The number of rotatable bonds is 4. The second kappa shape index (κ2) is 7.85. The van der Waals surface area contributed by atoms with Crippen LogP contribution >= 0.6 is 11.6 Å². The Hall–Kier alpha value is -0.620. The highest BCUT2D eigenvalue weighted by Gasteiger charge is 2.22. The van der Waals surface area contributed by atoms with Gasteiger partial charge in [0, 0.05) is 51.3 Å². The number of morpholine rings is 1. The predicted molar refractivity (Wildman–Crippen MR) is 75.3 cm³/mol. The van der Waals surface area contributed by atoms with Crippen molar-refractivity contribution in [3.8, 4) is 0 Å². The Kier molecular flexibility index (Phi) is 6.10. The van der Waals surface area contributed by atoms with Crippen molar-refractivity contribution in [3.05, 3.63) is 11.6 Å². The number of hydrogen-bond donors (Lipinski definition) is 0. The SMILES string of the molecule is O=C(CN1CCN(C/C=C/Cl)CC1)N1CCOCC1. The van der Waals surface area contributed by atoms with Crippen molar-refractivity contribution in [3.63, 3.8) is 0 Å². The van der Waals surface area contributed by atoms with Crippen molar-refractivity contribution in [2.24, 2.45) is 0 Å². The maximum Gasteiger partial charge on any atom is 0.236 e. The molecular formula is C13H22ClN3O2. The molecule has 0 spiro atoms. The Morgan fingerprint density at radius 3 is 2.32 bits per heavy atom.